The summed E-state index contributed by atoms with van der Waals surface area (Å²) in [6.07, 6.45) is 7.40. The highest BCUT2D eigenvalue weighted by molar-refractivity contribution is 9.10. The zero-order valence-corrected chi connectivity index (χ0v) is 11.9. The summed E-state index contributed by atoms with van der Waals surface area (Å²) in [5.41, 5.74) is 0.230. The lowest BCUT2D eigenvalue weighted by Crippen LogP contribution is -2.23. The summed E-state index contributed by atoms with van der Waals surface area (Å²) in [5.74, 6) is -0.191. The number of carbonyl (C=O) groups is 1. The van der Waals surface area contributed by atoms with Crippen molar-refractivity contribution in [2.24, 2.45) is 5.34 Å². The minimum Gasteiger partial charge on any atom is -0.367 e. The van der Waals surface area contributed by atoms with Crippen molar-refractivity contribution >= 4 is 27.7 Å². The van der Waals surface area contributed by atoms with Gasteiger partial charge in [0.15, 0.2) is 5.34 Å². The third-order valence-corrected chi connectivity index (χ3v) is 3.78. The minimum absolute atomic E-state index is 0.230. The molecular formula is C12H14BrN3O3. The molecule has 1 heterocycles. The second-order valence-electron chi connectivity index (χ2n) is 4.48. The average Bonchev–Trinajstić information content (AvgIpc) is 2.42. The molecule has 1 fully saturated rings. The lowest BCUT2D eigenvalue weighted by Gasteiger charge is -2.23. The van der Waals surface area contributed by atoms with Gasteiger partial charge < -0.3 is 5.32 Å². The van der Waals surface area contributed by atoms with Crippen molar-refractivity contribution in [2.45, 2.75) is 38.1 Å². The number of anilines is 1. The maximum absolute atomic E-state index is 11.5. The van der Waals surface area contributed by atoms with Crippen LogP contribution in [0.1, 0.15) is 42.5 Å². The van der Waals surface area contributed by atoms with E-state index in [1.165, 1.54) is 25.5 Å². The average molecular weight is 328 g/mol. The quantitative estimate of drug-likeness (QED) is 0.676. The van der Waals surface area contributed by atoms with E-state index in [1.807, 2.05) is 0 Å². The molecule has 0 radical (unpaired) electrons. The Hall–Kier alpha value is -1.50. The maximum Gasteiger partial charge on any atom is 0.370 e. The summed E-state index contributed by atoms with van der Waals surface area (Å²) in [6.45, 7) is 0. The first-order chi connectivity index (χ1) is 9.20. The van der Waals surface area contributed by atoms with Gasteiger partial charge in [0, 0.05) is 12.2 Å². The SMILES string of the molecule is O=NOC(=O)c1cc(NC2CCCCC2)ncc1Br. The van der Waals surface area contributed by atoms with Gasteiger partial charge in [-0.25, -0.2) is 9.78 Å². The fraction of sp³-hybridized carbons (Fsp3) is 0.500. The highest BCUT2D eigenvalue weighted by Crippen LogP contribution is 2.24. The Labute approximate surface area is 119 Å². The highest BCUT2D eigenvalue weighted by atomic mass is 79.9. The highest BCUT2D eigenvalue weighted by Gasteiger charge is 2.17. The smallest absolute Gasteiger partial charge is 0.367 e. The first-order valence-electron chi connectivity index (χ1n) is 6.17. The fourth-order valence-electron chi connectivity index (χ4n) is 2.21. The van der Waals surface area contributed by atoms with E-state index in [-0.39, 0.29) is 5.56 Å². The van der Waals surface area contributed by atoms with Crippen LogP contribution in [0, 0.1) is 4.91 Å². The van der Waals surface area contributed by atoms with Crippen molar-refractivity contribution in [3.05, 3.63) is 27.2 Å². The van der Waals surface area contributed by atoms with E-state index in [2.05, 4.69) is 36.4 Å². The molecule has 1 aliphatic carbocycles. The number of pyridine rings is 1. The van der Waals surface area contributed by atoms with E-state index in [0.29, 0.717) is 16.3 Å². The summed E-state index contributed by atoms with van der Waals surface area (Å²) in [6, 6.07) is 1.95. The number of rotatable bonds is 4. The van der Waals surface area contributed by atoms with Crippen LogP contribution in [0.25, 0.3) is 0 Å². The van der Waals surface area contributed by atoms with Crippen molar-refractivity contribution in [1.82, 2.24) is 4.98 Å². The number of hydrogen-bond donors (Lipinski definition) is 1. The molecule has 0 spiro atoms. The van der Waals surface area contributed by atoms with E-state index in [1.54, 1.807) is 6.07 Å². The fourth-order valence-corrected chi connectivity index (χ4v) is 2.59. The van der Waals surface area contributed by atoms with Crippen LogP contribution in [-0.4, -0.2) is 17.0 Å². The molecule has 6 nitrogen and oxygen atoms in total. The molecule has 2 rings (SSSR count). The Morgan fingerprint density at radius 3 is 2.84 bits per heavy atom. The topological polar surface area (TPSA) is 80.6 Å². The van der Waals surface area contributed by atoms with E-state index in [4.69, 9.17) is 0 Å². The molecule has 0 aliphatic heterocycles. The summed E-state index contributed by atoms with van der Waals surface area (Å²) in [5, 5.41) is 5.43. The summed E-state index contributed by atoms with van der Waals surface area (Å²) in [4.78, 5) is 29.8. The van der Waals surface area contributed by atoms with Gasteiger partial charge in [0.2, 0.25) is 0 Å². The van der Waals surface area contributed by atoms with E-state index in [9.17, 15) is 9.70 Å². The second kappa shape index (κ2) is 6.60. The molecule has 19 heavy (non-hydrogen) atoms. The predicted octanol–water partition coefficient (Wildman–Crippen LogP) is 3.43. The molecular weight excluding hydrogens is 314 g/mol. The van der Waals surface area contributed by atoms with E-state index >= 15 is 0 Å². The van der Waals surface area contributed by atoms with Gasteiger partial charge in [-0.05, 0) is 34.8 Å². The molecule has 1 saturated carbocycles. The summed E-state index contributed by atoms with van der Waals surface area (Å²) < 4.78 is 0.468. The van der Waals surface area contributed by atoms with Crippen LogP contribution in [0.4, 0.5) is 5.82 Å². The third-order valence-electron chi connectivity index (χ3n) is 3.15. The van der Waals surface area contributed by atoms with Crippen LogP contribution in [0.15, 0.2) is 22.1 Å². The number of hydrogen-bond acceptors (Lipinski definition) is 6. The Morgan fingerprint density at radius 1 is 1.42 bits per heavy atom. The van der Waals surface area contributed by atoms with Crippen molar-refractivity contribution in [1.29, 1.82) is 0 Å². The van der Waals surface area contributed by atoms with Gasteiger partial charge in [-0.15, -0.1) is 4.91 Å². The zero-order chi connectivity index (χ0) is 13.7. The summed E-state index contributed by atoms with van der Waals surface area (Å²) in [7, 11) is 0. The molecule has 1 aromatic heterocycles. The number of aromatic nitrogens is 1. The molecule has 0 amide bonds. The third kappa shape index (κ3) is 3.73. The second-order valence-corrected chi connectivity index (χ2v) is 5.34. The number of carbonyl (C=O) groups excluding carboxylic acids is 1. The molecule has 1 aliphatic rings. The van der Waals surface area contributed by atoms with Crippen molar-refractivity contribution in [2.75, 3.05) is 5.32 Å². The lowest BCUT2D eigenvalue weighted by molar-refractivity contribution is 0.0507. The van der Waals surface area contributed by atoms with Crippen LogP contribution < -0.4 is 5.32 Å². The molecule has 1 aromatic rings. The predicted molar refractivity (Wildman–Crippen MR) is 73.6 cm³/mol. The van der Waals surface area contributed by atoms with Gasteiger partial charge >= 0.3 is 5.97 Å². The molecule has 1 N–H and O–H groups in total. The van der Waals surface area contributed by atoms with Gasteiger partial charge in [0.1, 0.15) is 5.82 Å². The van der Waals surface area contributed by atoms with Gasteiger partial charge in [0.25, 0.3) is 0 Å². The molecule has 0 saturated heterocycles. The van der Waals surface area contributed by atoms with Gasteiger partial charge in [-0.1, -0.05) is 19.3 Å². The molecule has 7 heteroatoms. The number of nitrogens with zero attached hydrogens (tertiary/aromatic N) is 2. The van der Waals surface area contributed by atoms with Crippen LogP contribution in [0.3, 0.4) is 0 Å². The van der Waals surface area contributed by atoms with Gasteiger partial charge in [0.05, 0.1) is 10.0 Å². The Bertz CT molecular complexity index is 475. The monoisotopic (exact) mass is 327 g/mol. The van der Waals surface area contributed by atoms with Crippen LogP contribution in [-0.2, 0) is 4.84 Å². The largest absolute Gasteiger partial charge is 0.370 e. The molecule has 0 bridgehead atoms. The minimum atomic E-state index is -0.795. The van der Waals surface area contributed by atoms with Crippen LogP contribution in [0.5, 0.6) is 0 Å². The maximum atomic E-state index is 11.5. The molecule has 0 aromatic carbocycles. The van der Waals surface area contributed by atoms with Crippen molar-refractivity contribution in [3.63, 3.8) is 0 Å². The molecule has 0 unspecified atom stereocenters. The van der Waals surface area contributed by atoms with Gasteiger partial charge in [-0.3, -0.25) is 4.84 Å². The van der Waals surface area contributed by atoms with Crippen LogP contribution in [0.2, 0.25) is 0 Å². The van der Waals surface area contributed by atoms with Crippen molar-refractivity contribution < 1.29 is 9.63 Å². The Balaban J connectivity index is 2.11. The summed E-state index contributed by atoms with van der Waals surface area (Å²) >= 11 is 3.19. The van der Waals surface area contributed by atoms with E-state index < -0.39 is 5.97 Å². The number of nitrogens with one attached hydrogen (secondary N) is 1. The first-order valence-corrected chi connectivity index (χ1v) is 6.96. The lowest BCUT2D eigenvalue weighted by atomic mass is 9.95. The Morgan fingerprint density at radius 2 is 2.16 bits per heavy atom. The van der Waals surface area contributed by atoms with Crippen molar-refractivity contribution in [3.8, 4) is 0 Å². The van der Waals surface area contributed by atoms with Gasteiger partial charge in [-0.2, -0.15) is 0 Å². The molecule has 0 atom stereocenters. The first kappa shape index (κ1) is 13.9. The van der Waals surface area contributed by atoms with Crippen LogP contribution >= 0.6 is 15.9 Å². The number of halogens is 1. The standard InChI is InChI=1S/C12H14BrN3O3/c13-10-7-14-11(6-9(10)12(17)19-16-18)15-8-4-2-1-3-5-8/h6-8H,1-5H2,(H,14,15). The Kier molecular flexibility index (Phi) is 4.84. The normalized spacial score (nSPS) is 15.8. The van der Waals surface area contributed by atoms with E-state index in [0.717, 1.165) is 12.8 Å². The molecule has 102 valence electrons. The zero-order valence-electron chi connectivity index (χ0n) is 10.3.